The Balaban J connectivity index is 3.86. The summed E-state index contributed by atoms with van der Waals surface area (Å²) in [4.78, 5) is 10.3. The molecule has 0 aromatic heterocycles. The average Bonchev–Trinajstić information content (AvgIpc) is 2.02. The van der Waals surface area contributed by atoms with Gasteiger partial charge in [0.15, 0.2) is 0 Å². The number of ether oxygens (including phenoxy) is 1. The van der Waals surface area contributed by atoms with Crippen molar-refractivity contribution in [2.24, 2.45) is 11.1 Å². The van der Waals surface area contributed by atoms with Crippen LogP contribution in [0, 0.1) is 5.41 Å². The summed E-state index contributed by atoms with van der Waals surface area (Å²) in [5.41, 5.74) is 4.83. The number of amides is 1. The standard InChI is InChI=1S/C8H17NO2S/c1-3-4-8(2,6-12)5-11-7(9)10/h12H,3-6H2,1-2H3,(H2,9,10). The van der Waals surface area contributed by atoms with E-state index in [2.05, 4.69) is 19.6 Å². The predicted octanol–water partition coefficient (Wildman–Crippen LogP) is 1.82. The predicted molar refractivity (Wildman–Crippen MR) is 52.4 cm³/mol. The van der Waals surface area contributed by atoms with Crippen molar-refractivity contribution in [1.82, 2.24) is 0 Å². The van der Waals surface area contributed by atoms with Crippen LogP contribution in [0.25, 0.3) is 0 Å². The zero-order valence-corrected chi connectivity index (χ0v) is 8.56. The molecule has 2 N–H and O–H groups in total. The van der Waals surface area contributed by atoms with Crippen molar-refractivity contribution in [2.45, 2.75) is 26.7 Å². The number of thiol groups is 1. The molecule has 0 aliphatic carbocycles. The van der Waals surface area contributed by atoms with Crippen LogP contribution in [0.2, 0.25) is 0 Å². The molecule has 1 atom stereocenters. The SMILES string of the molecule is CCCC(C)(CS)COC(N)=O. The van der Waals surface area contributed by atoms with E-state index in [0.717, 1.165) is 12.8 Å². The number of rotatable bonds is 5. The molecule has 0 saturated carbocycles. The highest BCUT2D eigenvalue weighted by molar-refractivity contribution is 7.80. The Labute approximate surface area is 79.1 Å². The van der Waals surface area contributed by atoms with Crippen LogP contribution in [0.4, 0.5) is 4.79 Å². The van der Waals surface area contributed by atoms with Gasteiger partial charge >= 0.3 is 6.09 Å². The van der Waals surface area contributed by atoms with Crippen molar-refractivity contribution < 1.29 is 9.53 Å². The molecule has 1 amide bonds. The van der Waals surface area contributed by atoms with Gasteiger partial charge < -0.3 is 10.5 Å². The van der Waals surface area contributed by atoms with E-state index in [-0.39, 0.29) is 5.41 Å². The quantitative estimate of drug-likeness (QED) is 0.651. The molecule has 0 bridgehead atoms. The average molecular weight is 191 g/mol. The molecule has 0 heterocycles. The Morgan fingerprint density at radius 2 is 2.25 bits per heavy atom. The summed E-state index contributed by atoms with van der Waals surface area (Å²) in [6, 6.07) is 0. The molecule has 0 radical (unpaired) electrons. The molecular formula is C8H17NO2S. The van der Waals surface area contributed by atoms with Gasteiger partial charge in [0.1, 0.15) is 0 Å². The van der Waals surface area contributed by atoms with E-state index in [9.17, 15) is 4.79 Å². The molecule has 1 unspecified atom stereocenters. The lowest BCUT2D eigenvalue weighted by molar-refractivity contribution is 0.104. The maximum Gasteiger partial charge on any atom is 0.404 e. The molecule has 72 valence electrons. The van der Waals surface area contributed by atoms with Gasteiger partial charge in [0.25, 0.3) is 0 Å². The molecule has 3 nitrogen and oxygen atoms in total. The van der Waals surface area contributed by atoms with E-state index < -0.39 is 6.09 Å². The summed E-state index contributed by atoms with van der Waals surface area (Å²) in [5.74, 6) is 0.702. The monoisotopic (exact) mass is 191 g/mol. The highest BCUT2D eigenvalue weighted by atomic mass is 32.1. The van der Waals surface area contributed by atoms with E-state index in [1.807, 2.05) is 6.92 Å². The summed E-state index contributed by atoms with van der Waals surface area (Å²) >= 11 is 4.21. The maximum absolute atomic E-state index is 10.3. The van der Waals surface area contributed by atoms with Crippen LogP contribution in [0.15, 0.2) is 0 Å². The molecule has 0 saturated heterocycles. The van der Waals surface area contributed by atoms with Gasteiger partial charge in [-0.25, -0.2) is 4.79 Å². The lowest BCUT2D eigenvalue weighted by Gasteiger charge is -2.25. The number of nitrogens with two attached hydrogens (primary N) is 1. The molecular weight excluding hydrogens is 174 g/mol. The Morgan fingerprint density at radius 3 is 2.58 bits per heavy atom. The van der Waals surface area contributed by atoms with Crippen molar-refractivity contribution in [2.75, 3.05) is 12.4 Å². The highest BCUT2D eigenvalue weighted by Crippen LogP contribution is 2.24. The van der Waals surface area contributed by atoms with Crippen LogP contribution in [-0.4, -0.2) is 18.5 Å². The minimum atomic E-state index is -0.709. The normalized spacial score (nSPS) is 15.2. The molecule has 0 aromatic rings. The van der Waals surface area contributed by atoms with Gasteiger partial charge in [0, 0.05) is 5.41 Å². The molecule has 4 heteroatoms. The molecule has 0 fully saturated rings. The summed E-state index contributed by atoms with van der Waals surface area (Å²) in [7, 11) is 0. The van der Waals surface area contributed by atoms with Gasteiger partial charge in [-0.1, -0.05) is 20.3 Å². The van der Waals surface area contributed by atoms with E-state index in [0.29, 0.717) is 12.4 Å². The largest absolute Gasteiger partial charge is 0.449 e. The molecule has 12 heavy (non-hydrogen) atoms. The van der Waals surface area contributed by atoms with Gasteiger partial charge in [-0.05, 0) is 12.2 Å². The first-order valence-corrected chi connectivity index (χ1v) is 4.70. The van der Waals surface area contributed by atoms with Gasteiger partial charge in [0.2, 0.25) is 0 Å². The Hall–Kier alpha value is -0.380. The molecule has 0 aromatic carbocycles. The second-order valence-electron chi connectivity index (χ2n) is 3.33. The van der Waals surface area contributed by atoms with Crippen LogP contribution in [0.5, 0.6) is 0 Å². The third-order valence-electron chi connectivity index (χ3n) is 1.80. The number of primary amides is 1. The fourth-order valence-electron chi connectivity index (χ4n) is 1.05. The zero-order chi connectivity index (χ0) is 9.61. The van der Waals surface area contributed by atoms with Crippen molar-refractivity contribution >= 4 is 18.7 Å². The molecule has 0 aliphatic rings. The van der Waals surface area contributed by atoms with Crippen molar-refractivity contribution in [3.63, 3.8) is 0 Å². The lowest BCUT2D eigenvalue weighted by Crippen LogP contribution is -2.28. The van der Waals surface area contributed by atoms with Crippen molar-refractivity contribution in [3.05, 3.63) is 0 Å². The van der Waals surface area contributed by atoms with Crippen LogP contribution in [0.3, 0.4) is 0 Å². The molecule has 0 rings (SSSR count). The van der Waals surface area contributed by atoms with E-state index in [1.165, 1.54) is 0 Å². The van der Waals surface area contributed by atoms with E-state index >= 15 is 0 Å². The summed E-state index contributed by atoms with van der Waals surface area (Å²) in [6.07, 6.45) is 1.34. The second-order valence-corrected chi connectivity index (χ2v) is 3.64. The fraction of sp³-hybridized carbons (Fsp3) is 0.875. The third-order valence-corrected chi connectivity index (χ3v) is 2.56. The van der Waals surface area contributed by atoms with Crippen LogP contribution in [0.1, 0.15) is 26.7 Å². The van der Waals surface area contributed by atoms with Crippen LogP contribution in [-0.2, 0) is 4.74 Å². The number of hydrogen-bond donors (Lipinski definition) is 2. The Kier molecular flexibility index (Phi) is 5.13. The highest BCUT2D eigenvalue weighted by Gasteiger charge is 2.22. The van der Waals surface area contributed by atoms with Gasteiger partial charge in [0.05, 0.1) is 6.61 Å². The summed E-state index contributed by atoms with van der Waals surface area (Å²) in [5, 5.41) is 0. The lowest BCUT2D eigenvalue weighted by atomic mass is 9.89. The first kappa shape index (κ1) is 11.6. The smallest absolute Gasteiger partial charge is 0.404 e. The van der Waals surface area contributed by atoms with Gasteiger partial charge in [-0.2, -0.15) is 12.6 Å². The van der Waals surface area contributed by atoms with Crippen LogP contribution < -0.4 is 5.73 Å². The number of hydrogen-bond acceptors (Lipinski definition) is 3. The topological polar surface area (TPSA) is 52.3 Å². The summed E-state index contributed by atoms with van der Waals surface area (Å²) < 4.78 is 4.74. The Bertz CT molecular complexity index is 152. The maximum atomic E-state index is 10.3. The van der Waals surface area contributed by atoms with Crippen LogP contribution >= 0.6 is 12.6 Å². The minimum Gasteiger partial charge on any atom is -0.449 e. The Morgan fingerprint density at radius 1 is 1.67 bits per heavy atom. The van der Waals surface area contributed by atoms with E-state index in [4.69, 9.17) is 10.5 Å². The minimum absolute atomic E-state index is 0.0348. The third kappa shape index (κ3) is 4.49. The molecule has 0 aliphatic heterocycles. The van der Waals surface area contributed by atoms with E-state index in [1.54, 1.807) is 0 Å². The first-order valence-electron chi connectivity index (χ1n) is 4.07. The van der Waals surface area contributed by atoms with Gasteiger partial charge in [-0.3, -0.25) is 0 Å². The first-order chi connectivity index (χ1) is 5.54. The second kappa shape index (κ2) is 5.30. The van der Waals surface area contributed by atoms with Crippen molar-refractivity contribution in [1.29, 1.82) is 0 Å². The zero-order valence-electron chi connectivity index (χ0n) is 7.67. The number of carbonyl (C=O) groups excluding carboxylic acids is 1. The summed E-state index contributed by atoms with van der Waals surface area (Å²) in [6.45, 7) is 4.48. The molecule has 0 spiro atoms. The van der Waals surface area contributed by atoms with Crippen molar-refractivity contribution in [3.8, 4) is 0 Å². The number of carbonyl (C=O) groups is 1. The van der Waals surface area contributed by atoms with Gasteiger partial charge in [-0.15, -0.1) is 0 Å². The fourth-order valence-corrected chi connectivity index (χ4v) is 1.30.